The van der Waals surface area contributed by atoms with Gasteiger partial charge in [0.25, 0.3) is 11.6 Å². The Kier molecular flexibility index (Phi) is 7.02. The number of amides is 1. The first-order valence-corrected chi connectivity index (χ1v) is 8.70. The van der Waals surface area contributed by atoms with Crippen molar-refractivity contribution in [2.24, 2.45) is 0 Å². The monoisotopic (exact) mass is 386 g/mol. The first kappa shape index (κ1) is 20.8. The van der Waals surface area contributed by atoms with Crippen molar-refractivity contribution in [3.05, 3.63) is 64.0 Å². The molecule has 28 heavy (non-hydrogen) atoms. The summed E-state index contributed by atoms with van der Waals surface area (Å²) in [6.07, 6.45) is 1.64. The van der Waals surface area contributed by atoms with E-state index in [1.54, 1.807) is 19.2 Å². The molecule has 1 heterocycles. The zero-order chi connectivity index (χ0) is 20.7. The van der Waals surface area contributed by atoms with E-state index >= 15 is 0 Å². The molecule has 0 aliphatic rings. The van der Waals surface area contributed by atoms with E-state index in [1.807, 2.05) is 19.1 Å². The molecule has 2 aromatic rings. The minimum Gasteiger partial charge on any atom is -0.465 e. The molecule has 2 rings (SSSR count). The molecule has 9 nitrogen and oxygen atoms in total. The van der Waals surface area contributed by atoms with Crippen molar-refractivity contribution in [1.82, 2.24) is 9.88 Å². The van der Waals surface area contributed by atoms with Gasteiger partial charge in [0.1, 0.15) is 12.2 Å². The van der Waals surface area contributed by atoms with Gasteiger partial charge in [-0.1, -0.05) is 6.07 Å². The van der Waals surface area contributed by atoms with Crippen molar-refractivity contribution in [3.63, 3.8) is 0 Å². The SMILES string of the molecule is CCOC(=O)CN(C)C(=O)c1ccc(NC(C)c2ccccn2)c([N+](=O)[O-])c1. The van der Waals surface area contributed by atoms with Crippen LogP contribution in [0.5, 0.6) is 0 Å². The summed E-state index contributed by atoms with van der Waals surface area (Å²) in [5.74, 6) is -1.06. The van der Waals surface area contributed by atoms with Crippen LogP contribution in [0, 0.1) is 10.1 Å². The summed E-state index contributed by atoms with van der Waals surface area (Å²) in [5.41, 5.74) is 0.867. The molecule has 0 spiro atoms. The second-order valence-corrected chi connectivity index (χ2v) is 6.08. The fraction of sp³-hybridized carbons (Fsp3) is 0.316. The van der Waals surface area contributed by atoms with Gasteiger partial charge in [0.05, 0.1) is 23.3 Å². The van der Waals surface area contributed by atoms with Gasteiger partial charge >= 0.3 is 5.97 Å². The smallest absolute Gasteiger partial charge is 0.325 e. The minimum absolute atomic E-state index is 0.106. The van der Waals surface area contributed by atoms with Gasteiger partial charge in [-0.25, -0.2) is 0 Å². The molecule has 1 aromatic heterocycles. The predicted octanol–water partition coefficient (Wildman–Crippen LogP) is 2.80. The molecular weight excluding hydrogens is 364 g/mol. The number of aromatic nitrogens is 1. The van der Waals surface area contributed by atoms with E-state index in [9.17, 15) is 19.7 Å². The maximum Gasteiger partial charge on any atom is 0.325 e. The van der Waals surface area contributed by atoms with Crippen LogP contribution in [0.15, 0.2) is 42.6 Å². The lowest BCUT2D eigenvalue weighted by molar-refractivity contribution is -0.384. The lowest BCUT2D eigenvalue weighted by Gasteiger charge is -2.18. The highest BCUT2D eigenvalue weighted by Gasteiger charge is 2.22. The molecule has 0 radical (unpaired) electrons. The van der Waals surface area contributed by atoms with Crippen LogP contribution in [0.2, 0.25) is 0 Å². The van der Waals surface area contributed by atoms with Gasteiger partial charge in [-0.15, -0.1) is 0 Å². The molecule has 148 valence electrons. The quantitative estimate of drug-likeness (QED) is 0.421. The summed E-state index contributed by atoms with van der Waals surface area (Å²) >= 11 is 0. The summed E-state index contributed by atoms with van der Waals surface area (Å²) in [6.45, 7) is 3.47. The van der Waals surface area contributed by atoms with Crippen LogP contribution in [0.1, 0.15) is 35.9 Å². The number of ether oxygens (including phenoxy) is 1. The molecule has 0 fully saturated rings. The summed E-state index contributed by atoms with van der Waals surface area (Å²) < 4.78 is 4.81. The maximum absolute atomic E-state index is 12.5. The van der Waals surface area contributed by atoms with Crippen LogP contribution in [0.4, 0.5) is 11.4 Å². The molecule has 0 aliphatic heterocycles. The van der Waals surface area contributed by atoms with E-state index in [2.05, 4.69) is 10.3 Å². The molecular formula is C19H22N4O5. The van der Waals surface area contributed by atoms with Crippen LogP contribution in [-0.4, -0.2) is 46.9 Å². The number of pyridine rings is 1. The van der Waals surface area contributed by atoms with Gasteiger partial charge in [-0.2, -0.15) is 0 Å². The highest BCUT2D eigenvalue weighted by Crippen LogP contribution is 2.29. The predicted molar refractivity (Wildman–Crippen MR) is 103 cm³/mol. The number of nitrogens with zero attached hydrogens (tertiary/aromatic N) is 3. The summed E-state index contributed by atoms with van der Waals surface area (Å²) in [7, 11) is 1.43. The van der Waals surface area contributed by atoms with Crippen molar-refractivity contribution >= 4 is 23.3 Å². The normalized spacial score (nSPS) is 11.4. The number of nitro groups is 1. The number of esters is 1. The first-order chi connectivity index (χ1) is 13.3. The lowest BCUT2D eigenvalue weighted by Crippen LogP contribution is -2.33. The number of likely N-dealkylation sites (N-methyl/N-ethyl adjacent to an activating group) is 1. The lowest BCUT2D eigenvalue weighted by atomic mass is 10.1. The van der Waals surface area contributed by atoms with Gasteiger partial charge in [0.15, 0.2) is 0 Å². The first-order valence-electron chi connectivity index (χ1n) is 8.70. The minimum atomic E-state index is -0.560. The number of carbonyl (C=O) groups is 2. The van der Waals surface area contributed by atoms with Crippen molar-refractivity contribution in [2.45, 2.75) is 19.9 Å². The molecule has 1 atom stereocenters. The number of anilines is 1. The number of nitro benzene ring substituents is 1. The third-order valence-electron chi connectivity index (χ3n) is 3.96. The third kappa shape index (κ3) is 5.26. The van der Waals surface area contributed by atoms with E-state index in [0.717, 1.165) is 10.6 Å². The number of hydrogen-bond acceptors (Lipinski definition) is 7. The van der Waals surface area contributed by atoms with Crippen molar-refractivity contribution in [1.29, 1.82) is 0 Å². The number of carbonyl (C=O) groups excluding carboxylic acids is 2. The van der Waals surface area contributed by atoms with Crippen molar-refractivity contribution in [3.8, 4) is 0 Å². The Morgan fingerprint density at radius 3 is 2.68 bits per heavy atom. The van der Waals surface area contributed by atoms with E-state index in [-0.39, 0.29) is 36.1 Å². The fourth-order valence-corrected chi connectivity index (χ4v) is 2.57. The summed E-state index contributed by atoms with van der Waals surface area (Å²) in [4.78, 5) is 40.3. The van der Waals surface area contributed by atoms with Gasteiger partial charge in [0.2, 0.25) is 0 Å². The van der Waals surface area contributed by atoms with Gasteiger partial charge in [0, 0.05) is 24.9 Å². The van der Waals surface area contributed by atoms with Crippen LogP contribution in [-0.2, 0) is 9.53 Å². The third-order valence-corrected chi connectivity index (χ3v) is 3.96. The summed E-state index contributed by atoms with van der Waals surface area (Å²) in [6, 6.07) is 9.30. The fourth-order valence-electron chi connectivity index (χ4n) is 2.57. The van der Waals surface area contributed by atoms with Gasteiger partial charge in [-0.3, -0.25) is 24.7 Å². The number of rotatable bonds is 8. The standard InChI is InChI=1S/C19H22N4O5/c1-4-28-18(24)12-22(3)19(25)14-8-9-16(17(11-14)23(26)27)21-13(2)15-7-5-6-10-20-15/h5-11,13,21H,4,12H2,1-3H3. The van der Waals surface area contributed by atoms with E-state index in [4.69, 9.17) is 4.74 Å². The largest absolute Gasteiger partial charge is 0.465 e. The van der Waals surface area contributed by atoms with E-state index in [0.29, 0.717) is 0 Å². The Labute approximate surface area is 162 Å². The van der Waals surface area contributed by atoms with Crippen molar-refractivity contribution < 1.29 is 19.2 Å². The molecule has 0 bridgehead atoms. The van der Waals surface area contributed by atoms with Crippen LogP contribution in [0.25, 0.3) is 0 Å². The molecule has 9 heteroatoms. The Morgan fingerprint density at radius 2 is 2.07 bits per heavy atom. The highest BCUT2D eigenvalue weighted by atomic mass is 16.6. The van der Waals surface area contributed by atoms with Crippen LogP contribution in [0.3, 0.4) is 0 Å². The molecule has 1 N–H and O–H groups in total. The maximum atomic E-state index is 12.5. The molecule has 1 amide bonds. The molecule has 0 aliphatic carbocycles. The topological polar surface area (TPSA) is 115 Å². The van der Waals surface area contributed by atoms with Gasteiger partial charge in [-0.05, 0) is 38.1 Å². The average molecular weight is 386 g/mol. The summed E-state index contributed by atoms with van der Waals surface area (Å²) in [5, 5.41) is 14.5. The Hall–Kier alpha value is -3.49. The number of hydrogen-bond donors (Lipinski definition) is 1. The highest BCUT2D eigenvalue weighted by molar-refractivity contribution is 5.97. The second-order valence-electron chi connectivity index (χ2n) is 6.08. The average Bonchev–Trinajstić information content (AvgIpc) is 2.68. The second kappa shape index (κ2) is 9.45. The molecule has 1 aromatic carbocycles. The molecule has 1 unspecified atom stereocenters. The Bertz CT molecular complexity index is 857. The molecule has 0 saturated carbocycles. The zero-order valence-electron chi connectivity index (χ0n) is 15.9. The van der Waals surface area contributed by atoms with Crippen LogP contribution < -0.4 is 5.32 Å². The van der Waals surface area contributed by atoms with E-state index < -0.39 is 16.8 Å². The number of benzene rings is 1. The van der Waals surface area contributed by atoms with Crippen molar-refractivity contribution in [2.75, 3.05) is 25.5 Å². The van der Waals surface area contributed by atoms with E-state index in [1.165, 1.54) is 25.2 Å². The Balaban J connectivity index is 2.21. The van der Waals surface area contributed by atoms with Gasteiger partial charge < -0.3 is 15.0 Å². The number of nitrogens with one attached hydrogen (secondary N) is 1. The zero-order valence-corrected chi connectivity index (χ0v) is 15.9. The molecule has 0 saturated heterocycles. The van der Waals surface area contributed by atoms with Crippen LogP contribution >= 0.6 is 0 Å². The Morgan fingerprint density at radius 1 is 1.32 bits per heavy atom.